The van der Waals surface area contributed by atoms with E-state index in [1.807, 2.05) is 26.0 Å². The molecule has 0 spiro atoms. The molecule has 3 heteroatoms. The highest BCUT2D eigenvalue weighted by molar-refractivity contribution is 5.99. The Hall–Kier alpha value is -1.51. The van der Waals surface area contributed by atoms with Crippen LogP contribution < -0.4 is 11.1 Å². The standard InChI is InChI=1S/C14H22N2O/c1-9-7-6-8-11(12(9)15)13(17)16-10(2)14(3,4)5/h6-8,10H,15H2,1-5H3,(H,16,17). The van der Waals surface area contributed by atoms with E-state index in [2.05, 4.69) is 26.1 Å². The van der Waals surface area contributed by atoms with Crippen LogP contribution in [0.25, 0.3) is 0 Å². The molecular formula is C14H22N2O. The number of anilines is 1. The molecule has 0 heterocycles. The summed E-state index contributed by atoms with van der Waals surface area (Å²) in [7, 11) is 0. The minimum absolute atomic E-state index is 0.0360. The Morgan fingerprint density at radius 2 is 1.94 bits per heavy atom. The van der Waals surface area contributed by atoms with Crippen LogP contribution in [0.1, 0.15) is 43.6 Å². The van der Waals surface area contributed by atoms with Crippen molar-refractivity contribution in [2.24, 2.45) is 5.41 Å². The van der Waals surface area contributed by atoms with Crippen LogP contribution in [-0.2, 0) is 0 Å². The zero-order valence-corrected chi connectivity index (χ0v) is 11.3. The molecule has 94 valence electrons. The van der Waals surface area contributed by atoms with Crippen molar-refractivity contribution in [2.75, 3.05) is 5.73 Å². The fourth-order valence-corrected chi connectivity index (χ4v) is 1.37. The lowest BCUT2D eigenvalue weighted by Crippen LogP contribution is -2.41. The van der Waals surface area contributed by atoms with Crippen LogP contribution in [0.3, 0.4) is 0 Å². The minimum Gasteiger partial charge on any atom is -0.398 e. The summed E-state index contributed by atoms with van der Waals surface area (Å²) in [4.78, 5) is 12.1. The van der Waals surface area contributed by atoms with Crippen molar-refractivity contribution in [3.63, 3.8) is 0 Å². The van der Waals surface area contributed by atoms with Gasteiger partial charge in [-0.05, 0) is 30.9 Å². The summed E-state index contributed by atoms with van der Waals surface area (Å²) in [6, 6.07) is 5.60. The maximum absolute atomic E-state index is 12.1. The number of para-hydroxylation sites is 1. The van der Waals surface area contributed by atoms with Gasteiger partial charge in [0.25, 0.3) is 5.91 Å². The number of carbonyl (C=O) groups excluding carboxylic acids is 1. The maximum atomic E-state index is 12.1. The molecule has 3 nitrogen and oxygen atoms in total. The zero-order valence-electron chi connectivity index (χ0n) is 11.3. The van der Waals surface area contributed by atoms with Gasteiger partial charge in [0.1, 0.15) is 0 Å². The first-order chi connectivity index (χ1) is 7.73. The molecule has 0 aliphatic rings. The molecule has 0 aromatic heterocycles. The van der Waals surface area contributed by atoms with Crippen LogP contribution >= 0.6 is 0 Å². The maximum Gasteiger partial charge on any atom is 0.253 e. The topological polar surface area (TPSA) is 55.1 Å². The minimum atomic E-state index is -0.103. The highest BCUT2D eigenvalue weighted by Crippen LogP contribution is 2.21. The molecule has 1 atom stereocenters. The third kappa shape index (κ3) is 3.22. The van der Waals surface area contributed by atoms with E-state index in [9.17, 15) is 4.79 Å². The third-order valence-corrected chi connectivity index (χ3v) is 3.22. The first-order valence-corrected chi connectivity index (χ1v) is 5.89. The van der Waals surface area contributed by atoms with Gasteiger partial charge in [0, 0.05) is 11.7 Å². The van der Waals surface area contributed by atoms with Crippen LogP contribution in [0.5, 0.6) is 0 Å². The number of hydrogen-bond donors (Lipinski definition) is 2. The fourth-order valence-electron chi connectivity index (χ4n) is 1.37. The van der Waals surface area contributed by atoms with Gasteiger partial charge >= 0.3 is 0 Å². The summed E-state index contributed by atoms with van der Waals surface area (Å²) < 4.78 is 0. The smallest absolute Gasteiger partial charge is 0.253 e. The summed E-state index contributed by atoms with van der Waals surface area (Å²) >= 11 is 0. The summed E-state index contributed by atoms with van der Waals surface area (Å²) in [5, 5.41) is 2.99. The molecule has 1 rings (SSSR count). The van der Waals surface area contributed by atoms with Gasteiger partial charge in [-0.2, -0.15) is 0 Å². The lowest BCUT2D eigenvalue weighted by molar-refractivity contribution is 0.0911. The lowest BCUT2D eigenvalue weighted by Gasteiger charge is -2.28. The van der Waals surface area contributed by atoms with Crippen LogP contribution in [-0.4, -0.2) is 11.9 Å². The van der Waals surface area contributed by atoms with E-state index in [-0.39, 0.29) is 17.4 Å². The van der Waals surface area contributed by atoms with Crippen molar-refractivity contribution in [1.82, 2.24) is 5.32 Å². The van der Waals surface area contributed by atoms with Crippen molar-refractivity contribution < 1.29 is 4.79 Å². The highest BCUT2D eigenvalue weighted by atomic mass is 16.1. The molecule has 1 aromatic carbocycles. The Morgan fingerprint density at radius 3 is 2.47 bits per heavy atom. The summed E-state index contributed by atoms with van der Waals surface area (Å²) in [6.07, 6.45) is 0. The lowest BCUT2D eigenvalue weighted by atomic mass is 9.88. The number of benzene rings is 1. The van der Waals surface area contributed by atoms with E-state index in [1.165, 1.54) is 0 Å². The van der Waals surface area contributed by atoms with Gasteiger partial charge in [-0.25, -0.2) is 0 Å². The SMILES string of the molecule is Cc1cccc(C(=O)NC(C)C(C)(C)C)c1N. The monoisotopic (exact) mass is 234 g/mol. The Kier molecular flexibility index (Phi) is 3.81. The van der Waals surface area contributed by atoms with Crippen molar-refractivity contribution >= 4 is 11.6 Å². The average Bonchev–Trinajstić information content (AvgIpc) is 2.20. The molecule has 1 amide bonds. The average molecular weight is 234 g/mol. The molecule has 1 unspecified atom stereocenters. The van der Waals surface area contributed by atoms with Crippen LogP contribution in [0.4, 0.5) is 5.69 Å². The molecule has 0 bridgehead atoms. The normalized spacial score (nSPS) is 13.2. The van der Waals surface area contributed by atoms with Crippen LogP contribution in [0.2, 0.25) is 0 Å². The second kappa shape index (κ2) is 4.78. The van der Waals surface area contributed by atoms with Crippen molar-refractivity contribution in [1.29, 1.82) is 0 Å². The molecule has 1 aromatic rings. The second-order valence-corrected chi connectivity index (χ2v) is 5.60. The van der Waals surface area contributed by atoms with Gasteiger partial charge in [0.2, 0.25) is 0 Å². The number of carbonyl (C=O) groups is 1. The van der Waals surface area contributed by atoms with E-state index in [0.29, 0.717) is 11.3 Å². The zero-order chi connectivity index (χ0) is 13.2. The summed E-state index contributed by atoms with van der Waals surface area (Å²) in [6.45, 7) is 10.2. The molecule has 0 fully saturated rings. The van der Waals surface area contributed by atoms with Crippen LogP contribution in [0.15, 0.2) is 18.2 Å². The van der Waals surface area contributed by atoms with E-state index in [1.54, 1.807) is 6.07 Å². The van der Waals surface area contributed by atoms with Crippen molar-refractivity contribution in [2.45, 2.75) is 40.7 Å². The van der Waals surface area contributed by atoms with Gasteiger partial charge in [-0.3, -0.25) is 4.79 Å². The third-order valence-electron chi connectivity index (χ3n) is 3.22. The Labute approximate surface area is 103 Å². The van der Waals surface area contributed by atoms with E-state index < -0.39 is 0 Å². The molecule has 0 radical (unpaired) electrons. The van der Waals surface area contributed by atoms with Crippen molar-refractivity contribution in [3.8, 4) is 0 Å². The first kappa shape index (κ1) is 13.6. The number of hydrogen-bond acceptors (Lipinski definition) is 2. The molecule has 0 saturated heterocycles. The van der Waals surface area contributed by atoms with Crippen LogP contribution in [0, 0.1) is 12.3 Å². The quantitative estimate of drug-likeness (QED) is 0.773. The molecule has 3 N–H and O–H groups in total. The summed E-state index contributed by atoms with van der Waals surface area (Å²) in [5.41, 5.74) is 7.99. The fraction of sp³-hybridized carbons (Fsp3) is 0.500. The Balaban J connectivity index is 2.88. The number of nitrogen functional groups attached to an aromatic ring is 1. The number of nitrogens with two attached hydrogens (primary N) is 1. The molecule has 17 heavy (non-hydrogen) atoms. The van der Waals surface area contributed by atoms with E-state index in [4.69, 9.17) is 5.73 Å². The van der Waals surface area contributed by atoms with Gasteiger partial charge < -0.3 is 11.1 Å². The van der Waals surface area contributed by atoms with Gasteiger partial charge in [0.15, 0.2) is 0 Å². The molecule has 0 aliphatic heterocycles. The van der Waals surface area contributed by atoms with Gasteiger partial charge in [0.05, 0.1) is 5.56 Å². The molecular weight excluding hydrogens is 212 g/mol. The van der Waals surface area contributed by atoms with E-state index >= 15 is 0 Å². The number of rotatable bonds is 2. The number of amides is 1. The summed E-state index contributed by atoms with van der Waals surface area (Å²) in [5.74, 6) is -0.103. The largest absolute Gasteiger partial charge is 0.398 e. The number of nitrogens with one attached hydrogen (secondary N) is 1. The first-order valence-electron chi connectivity index (χ1n) is 5.89. The van der Waals surface area contributed by atoms with Crippen molar-refractivity contribution in [3.05, 3.63) is 29.3 Å². The van der Waals surface area contributed by atoms with E-state index in [0.717, 1.165) is 5.56 Å². The Bertz CT molecular complexity index is 419. The van der Waals surface area contributed by atoms with Gasteiger partial charge in [-0.1, -0.05) is 32.9 Å². The Morgan fingerprint density at radius 1 is 1.35 bits per heavy atom. The number of aryl methyl sites for hydroxylation is 1. The second-order valence-electron chi connectivity index (χ2n) is 5.60. The predicted octanol–water partition coefficient (Wildman–Crippen LogP) is 2.74. The molecule has 0 aliphatic carbocycles. The predicted molar refractivity (Wildman–Crippen MR) is 72.0 cm³/mol. The molecule has 0 saturated carbocycles. The van der Waals surface area contributed by atoms with Gasteiger partial charge in [-0.15, -0.1) is 0 Å². The highest BCUT2D eigenvalue weighted by Gasteiger charge is 2.22.